The molecule has 0 saturated carbocycles. The number of carbonyl (C=O) groups is 2. The van der Waals surface area contributed by atoms with E-state index in [9.17, 15) is 18.0 Å². The minimum absolute atomic E-state index is 0.102. The molecule has 0 radical (unpaired) electrons. The highest BCUT2D eigenvalue weighted by Gasteiger charge is 2.27. The summed E-state index contributed by atoms with van der Waals surface area (Å²) in [6, 6.07) is 15.5. The summed E-state index contributed by atoms with van der Waals surface area (Å²) in [4.78, 5) is 23.9. The molecule has 198 valence electrons. The number of nitrogens with zero attached hydrogens (tertiary/aromatic N) is 1. The maximum atomic E-state index is 13.5. The molecule has 2 amide bonds. The lowest BCUT2D eigenvalue weighted by Gasteiger charge is -2.28. The Morgan fingerprint density at radius 1 is 1.00 bits per heavy atom. The molecular weight excluding hydrogens is 478 g/mol. The number of anilines is 1. The molecule has 1 atom stereocenters. The minimum Gasteiger partial charge on any atom is -0.444 e. The molecule has 0 aliphatic carbocycles. The Bertz CT molecular complexity index is 1090. The van der Waals surface area contributed by atoms with Crippen molar-refractivity contribution in [3.63, 3.8) is 0 Å². The number of hydrogen-bond acceptors (Lipinski definition) is 5. The molecule has 0 heterocycles. The van der Waals surface area contributed by atoms with Gasteiger partial charge in [-0.05, 0) is 69.4 Å². The molecule has 0 unspecified atom stereocenters. The van der Waals surface area contributed by atoms with Crippen molar-refractivity contribution in [1.82, 2.24) is 9.62 Å². The first kappa shape index (κ1) is 29.3. The highest BCUT2D eigenvalue weighted by molar-refractivity contribution is 7.89. The molecule has 0 saturated heterocycles. The summed E-state index contributed by atoms with van der Waals surface area (Å²) in [6.07, 6.45) is 0.417. The van der Waals surface area contributed by atoms with Crippen LogP contribution in [0.25, 0.3) is 0 Å². The number of carbonyl (C=O) groups excluding carboxylic acids is 2. The molecule has 2 N–H and O–H groups in total. The van der Waals surface area contributed by atoms with Gasteiger partial charge in [-0.25, -0.2) is 13.2 Å². The van der Waals surface area contributed by atoms with E-state index >= 15 is 0 Å². The van der Waals surface area contributed by atoms with E-state index in [4.69, 9.17) is 4.74 Å². The number of hydrogen-bond donors (Lipinski definition) is 2. The van der Waals surface area contributed by atoms with Crippen molar-refractivity contribution in [2.24, 2.45) is 5.92 Å². The van der Waals surface area contributed by atoms with Gasteiger partial charge in [0, 0.05) is 31.7 Å². The predicted octanol–water partition coefficient (Wildman–Crippen LogP) is 4.82. The van der Waals surface area contributed by atoms with Crippen LogP contribution < -0.4 is 10.6 Å². The van der Waals surface area contributed by atoms with E-state index in [-0.39, 0.29) is 29.3 Å². The lowest BCUT2D eigenvalue weighted by Crippen LogP contribution is -2.43. The number of alkyl carbamates (subject to hydrolysis) is 1. The second-order valence-electron chi connectivity index (χ2n) is 10.3. The summed E-state index contributed by atoms with van der Waals surface area (Å²) in [5.41, 5.74) is 0.921. The van der Waals surface area contributed by atoms with Gasteiger partial charge in [-0.2, -0.15) is 4.31 Å². The summed E-state index contributed by atoms with van der Waals surface area (Å²) in [5, 5.41) is 5.57. The van der Waals surface area contributed by atoms with Gasteiger partial charge in [0.1, 0.15) is 5.60 Å². The maximum Gasteiger partial charge on any atom is 0.407 e. The highest BCUT2D eigenvalue weighted by Crippen LogP contribution is 2.21. The Morgan fingerprint density at radius 3 is 2.14 bits per heavy atom. The Morgan fingerprint density at radius 2 is 1.61 bits per heavy atom. The van der Waals surface area contributed by atoms with Gasteiger partial charge in [0.25, 0.3) is 0 Å². The fraction of sp³-hybridized carbons (Fsp3) is 0.481. The number of sulfonamides is 1. The highest BCUT2D eigenvalue weighted by atomic mass is 32.2. The minimum atomic E-state index is -3.79. The van der Waals surface area contributed by atoms with Crippen LogP contribution in [-0.4, -0.2) is 49.5 Å². The van der Waals surface area contributed by atoms with Gasteiger partial charge in [0.05, 0.1) is 4.90 Å². The van der Waals surface area contributed by atoms with Gasteiger partial charge in [-0.1, -0.05) is 44.2 Å². The number of rotatable bonds is 11. The first-order chi connectivity index (χ1) is 16.8. The van der Waals surface area contributed by atoms with Crippen molar-refractivity contribution in [3.8, 4) is 0 Å². The normalized spacial score (nSPS) is 12.9. The molecule has 0 aromatic heterocycles. The molecule has 2 aromatic carbocycles. The van der Waals surface area contributed by atoms with Gasteiger partial charge in [-0.3, -0.25) is 4.79 Å². The number of ether oxygens (including phenoxy) is 1. The van der Waals surface area contributed by atoms with Crippen LogP contribution in [0.2, 0.25) is 0 Å². The lowest BCUT2D eigenvalue weighted by molar-refractivity contribution is -0.114. The van der Waals surface area contributed by atoms with Crippen LogP contribution in [0.4, 0.5) is 10.5 Å². The molecule has 0 bridgehead atoms. The van der Waals surface area contributed by atoms with E-state index in [1.807, 2.05) is 44.2 Å². The third kappa shape index (κ3) is 9.99. The third-order valence-electron chi connectivity index (χ3n) is 5.15. The number of nitrogens with one attached hydrogen (secondary N) is 2. The van der Waals surface area contributed by atoms with Crippen molar-refractivity contribution in [2.75, 3.05) is 18.4 Å². The van der Waals surface area contributed by atoms with Gasteiger partial charge < -0.3 is 15.4 Å². The number of benzene rings is 2. The molecule has 2 rings (SSSR count). The first-order valence-corrected chi connectivity index (χ1v) is 13.6. The van der Waals surface area contributed by atoms with Crippen LogP contribution >= 0.6 is 0 Å². The van der Waals surface area contributed by atoms with E-state index in [0.29, 0.717) is 25.1 Å². The molecule has 0 spiro atoms. The van der Waals surface area contributed by atoms with Crippen molar-refractivity contribution in [3.05, 3.63) is 60.2 Å². The molecule has 0 aliphatic rings. The molecule has 36 heavy (non-hydrogen) atoms. The van der Waals surface area contributed by atoms with Gasteiger partial charge >= 0.3 is 6.09 Å². The zero-order valence-corrected chi connectivity index (χ0v) is 22.9. The summed E-state index contributed by atoms with van der Waals surface area (Å²) in [7, 11) is -3.79. The van der Waals surface area contributed by atoms with Gasteiger partial charge in [0.15, 0.2) is 0 Å². The summed E-state index contributed by atoms with van der Waals surface area (Å²) >= 11 is 0. The third-order valence-corrected chi connectivity index (χ3v) is 7.03. The Hall–Kier alpha value is -2.91. The van der Waals surface area contributed by atoms with E-state index in [1.165, 1.54) is 23.4 Å². The molecule has 2 aromatic rings. The fourth-order valence-electron chi connectivity index (χ4n) is 3.68. The van der Waals surface area contributed by atoms with Crippen molar-refractivity contribution in [2.45, 2.75) is 70.9 Å². The van der Waals surface area contributed by atoms with Crippen LogP contribution in [0.15, 0.2) is 59.5 Å². The molecule has 9 heteroatoms. The summed E-state index contributed by atoms with van der Waals surface area (Å²) < 4.78 is 33.9. The van der Waals surface area contributed by atoms with Crippen molar-refractivity contribution < 1.29 is 22.7 Å². The monoisotopic (exact) mass is 517 g/mol. The Balaban J connectivity index is 2.23. The second kappa shape index (κ2) is 12.9. The summed E-state index contributed by atoms with van der Waals surface area (Å²) in [6.45, 7) is 11.3. The topological polar surface area (TPSA) is 105 Å². The SMILES string of the molecule is CC(=O)Nc1ccc(S(=O)(=O)N(CC[C@H](Cc2ccccc2)NC(=O)OC(C)(C)C)CC(C)C)cc1. The molecular formula is C27H39N3O5S. The van der Waals surface area contributed by atoms with E-state index < -0.39 is 21.7 Å². The van der Waals surface area contributed by atoms with Crippen molar-refractivity contribution >= 4 is 27.7 Å². The smallest absolute Gasteiger partial charge is 0.407 e. The first-order valence-electron chi connectivity index (χ1n) is 12.2. The predicted molar refractivity (Wildman–Crippen MR) is 142 cm³/mol. The lowest BCUT2D eigenvalue weighted by atomic mass is 10.0. The average Bonchev–Trinajstić information content (AvgIpc) is 2.75. The van der Waals surface area contributed by atoms with E-state index in [2.05, 4.69) is 10.6 Å². The Kier molecular flexibility index (Phi) is 10.5. The second-order valence-corrected chi connectivity index (χ2v) is 12.2. The maximum absolute atomic E-state index is 13.5. The fourth-order valence-corrected chi connectivity index (χ4v) is 5.30. The summed E-state index contributed by atoms with van der Waals surface area (Å²) in [5.74, 6) is -0.126. The van der Waals surface area contributed by atoms with E-state index in [0.717, 1.165) is 5.56 Å². The van der Waals surface area contributed by atoms with Gasteiger partial charge in [0.2, 0.25) is 15.9 Å². The van der Waals surface area contributed by atoms with Crippen LogP contribution in [0.1, 0.15) is 53.5 Å². The Labute approximate surface area is 215 Å². The van der Waals surface area contributed by atoms with Crippen LogP contribution in [0.3, 0.4) is 0 Å². The van der Waals surface area contributed by atoms with Gasteiger partial charge in [-0.15, -0.1) is 0 Å². The largest absolute Gasteiger partial charge is 0.444 e. The van der Waals surface area contributed by atoms with E-state index in [1.54, 1.807) is 32.9 Å². The average molecular weight is 518 g/mol. The van der Waals surface area contributed by atoms with Crippen LogP contribution in [-0.2, 0) is 26.0 Å². The number of amides is 2. The zero-order chi connectivity index (χ0) is 26.9. The zero-order valence-electron chi connectivity index (χ0n) is 22.1. The molecule has 8 nitrogen and oxygen atoms in total. The molecule has 0 fully saturated rings. The quantitative estimate of drug-likeness (QED) is 0.445. The standard InChI is InChI=1S/C27H39N3O5S/c1-20(2)19-30(36(33,34)25-14-12-23(13-15-25)28-21(3)31)17-16-24(18-22-10-8-7-9-11-22)29-26(32)35-27(4,5)6/h7-15,20,24H,16-19H2,1-6H3,(H,28,31)(H,29,32)/t24-/m1/s1. The van der Waals surface area contributed by atoms with Crippen LogP contribution in [0, 0.1) is 5.92 Å². The van der Waals surface area contributed by atoms with Crippen molar-refractivity contribution in [1.29, 1.82) is 0 Å². The molecule has 0 aliphatic heterocycles. The van der Waals surface area contributed by atoms with Crippen LogP contribution in [0.5, 0.6) is 0 Å².